The molecule has 0 radical (unpaired) electrons. The summed E-state index contributed by atoms with van der Waals surface area (Å²) in [5.41, 5.74) is 1.69. The highest BCUT2D eigenvalue weighted by Crippen LogP contribution is 2.32. The van der Waals surface area contributed by atoms with E-state index >= 15 is 0 Å². The molecule has 0 amide bonds. The van der Waals surface area contributed by atoms with Gasteiger partial charge in [-0.1, -0.05) is 60.7 Å². The maximum absolute atomic E-state index is 4.96. The molecule has 0 spiro atoms. The van der Waals surface area contributed by atoms with Crippen LogP contribution in [0.1, 0.15) is 45.7 Å². The maximum Gasteiger partial charge on any atom is 0.159 e. The molecular weight excluding hydrogens is 294 g/mol. The lowest BCUT2D eigenvalue weighted by Gasteiger charge is -2.49. The quantitative estimate of drug-likeness (QED) is 0.786. The van der Waals surface area contributed by atoms with Crippen LogP contribution in [0.4, 0.5) is 0 Å². The molecule has 124 valence electrons. The van der Waals surface area contributed by atoms with Crippen LogP contribution in [0.5, 0.6) is 0 Å². The molecule has 0 atom stereocenters. The van der Waals surface area contributed by atoms with Crippen molar-refractivity contribution in [3.05, 3.63) is 71.8 Å². The van der Waals surface area contributed by atoms with Gasteiger partial charge in [-0.25, -0.2) is 9.98 Å². The molecule has 0 unspecified atom stereocenters. The van der Waals surface area contributed by atoms with Crippen molar-refractivity contribution in [1.29, 1.82) is 0 Å². The van der Waals surface area contributed by atoms with E-state index in [9.17, 15) is 0 Å². The number of aliphatic imine (C=N–C) groups is 2. The molecule has 2 aromatic rings. The van der Waals surface area contributed by atoms with Crippen molar-refractivity contribution in [2.45, 2.75) is 45.8 Å². The third kappa shape index (κ3) is 3.12. The van der Waals surface area contributed by atoms with Crippen LogP contribution in [0.2, 0.25) is 0 Å². The van der Waals surface area contributed by atoms with Gasteiger partial charge in [0.1, 0.15) is 11.5 Å². The summed E-state index contributed by atoms with van der Waals surface area (Å²) in [4.78, 5) is 12.2. The summed E-state index contributed by atoms with van der Waals surface area (Å²) in [5.74, 6) is 1.77. The molecule has 0 fully saturated rings. The lowest BCUT2D eigenvalue weighted by atomic mass is 9.97. The van der Waals surface area contributed by atoms with Gasteiger partial charge in [0.25, 0.3) is 0 Å². The van der Waals surface area contributed by atoms with Gasteiger partial charge in [0, 0.05) is 16.7 Å². The van der Waals surface area contributed by atoms with Crippen LogP contribution in [-0.4, -0.2) is 27.8 Å². The Balaban J connectivity index is 2.19. The van der Waals surface area contributed by atoms with Crippen LogP contribution in [0.15, 0.2) is 70.6 Å². The van der Waals surface area contributed by atoms with Gasteiger partial charge in [-0.2, -0.15) is 0 Å². The summed E-state index contributed by atoms with van der Waals surface area (Å²) < 4.78 is 0. The molecule has 24 heavy (non-hydrogen) atoms. The minimum absolute atomic E-state index is 0.0934. The van der Waals surface area contributed by atoms with Crippen molar-refractivity contribution in [3.8, 4) is 0 Å². The molecule has 1 aliphatic heterocycles. The molecule has 1 aliphatic rings. The van der Waals surface area contributed by atoms with Crippen LogP contribution >= 0.6 is 0 Å². The fourth-order valence-electron chi connectivity index (χ4n) is 3.38. The fraction of sp³-hybridized carbons (Fsp3) is 0.333. The molecular formula is C21H25N3. The highest BCUT2D eigenvalue weighted by atomic mass is 15.4. The van der Waals surface area contributed by atoms with E-state index in [1.165, 1.54) is 0 Å². The third-order valence-corrected chi connectivity index (χ3v) is 4.09. The first-order valence-corrected chi connectivity index (χ1v) is 8.39. The van der Waals surface area contributed by atoms with Crippen LogP contribution < -0.4 is 0 Å². The number of hydrogen-bond acceptors (Lipinski definition) is 3. The Labute approximate surface area is 144 Å². The average molecular weight is 319 g/mol. The summed E-state index contributed by atoms with van der Waals surface area (Å²) in [6.07, 6.45) is 0. The molecule has 0 bridgehead atoms. The first-order chi connectivity index (χ1) is 11.3. The second-order valence-corrected chi connectivity index (χ2v) is 7.60. The molecule has 0 aliphatic carbocycles. The van der Waals surface area contributed by atoms with E-state index in [-0.39, 0.29) is 11.2 Å². The van der Waals surface area contributed by atoms with Crippen LogP contribution in [-0.2, 0) is 0 Å². The topological polar surface area (TPSA) is 28.0 Å². The summed E-state index contributed by atoms with van der Waals surface area (Å²) >= 11 is 0. The van der Waals surface area contributed by atoms with E-state index in [1.54, 1.807) is 0 Å². The second-order valence-electron chi connectivity index (χ2n) is 7.60. The van der Waals surface area contributed by atoms with Crippen LogP contribution in [0.3, 0.4) is 0 Å². The number of nitrogens with zero attached hydrogens (tertiary/aromatic N) is 3. The van der Waals surface area contributed by atoms with Gasteiger partial charge in [0.05, 0.1) is 0 Å². The lowest BCUT2D eigenvalue weighted by molar-refractivity contribution is 0.114. The minimum Gasteiger partial charge on any atom is -0.327 e. The van der Waals surface area contributed by atoms with Crippen molar-refractivity contribution >= 4 is 11.7 Å². The first-order valence-electron chi connectivity index (χ1n) is 8.39. The number of rotatable bonds is 2. The molecule has 0 N–H and O–H groups in total. The van der Waals surface area contributed by atoms with Crippen molar-refractivity contribution in [3.63, 3.8) is 0 Å². The van der Waals surface area contributed by atoms with Crippen LogP contribution in [0.25, 0.3) is 0 Å². The lowest BCUT2D eigenvalue weighted by Crippen LogP contribution is -2.58. The van der Waals surface area contributed by atoms with E-state index in [2.05, 4.69) is 75.9 Å². The Hall–Kier alpha value is -2.42. The van der Waals surface area contributed by atoms with E-state index in [1.807, 2.05) is 24.3 Å². The summed E-state index contributed by atoms with van der Waals surface area (Å²) in [6, 6.07) is 20.6. The smallest absolute Gasteiger partial charge is 0.159 e. The highest BCUT2D eigenvalue weighted by molar-refractivity contribution is 6.13. The molecule has 1 heterocycles. The van der Waals surface area contributed by atoms with Crippen molar-refractivity contribution in [2.75, 3.05) is 0 Å². The Morgan fingerprint density at radius 2 is 1.29 bits per heavy atom. The van der Waals surface area contributed by atoms with E-state index in [0.717, 1.165) is 22.8 Å². The number of benzene rings is 2. The Morgan fingerprint density at radius 1 is 0.792 bits per heavy atom. The predicted octanol–water partition coefficient (Wildman–Crippen LogP) is 4.73. The maximum atomic E-state index is 4.96. The van der Waals surface area contributed by atoms with E-state index in [0.29, 0.717) is 0 Å². The second kappa shape index (κ2) is 5.90. The van der Waals surface area contributed by atoms with Gasteiger partial charge in [-0.3, -0.25) is 0 Å². The molecule has 0 saturated heterocycles. The fourth-order valence-corrected chi connectivity index (χ4v) is 3.38. The zero-order valence-electron chi connectivity index (χ0n) is 15.1. The van der Waals surface area contributed by atoms with Crippen molar-refractivity contribution < 1.29 is 0 Å². The van der Waals surface area contributed by atoms with E-state index in [4.69, 9.17) is 9.98 Å². The number of amidine groups is 2. The first kappa shape index (κ1) is 16.4. The monoisotopic (exact) mass is 319 g/mol. The largest absolute Gasteiger partial charge is 0.327 e. The van der Waals surface area contributed by atoms with E-state index < -0.39 is 0 Å². The Morgan fingerprint density at radius 3 is 1.79 bits per heavy atom. The van der Waals surface area contributed by atoms with Gasteiger partial charge >= 0.3 is 0 Å². The van der Waals surface area contributed by atoms with Gasteiger partial charge in [0.2, 0.25) is 0 Å². The molecule has 3 heteroatoms. The Kier molecular flexibility index (Phi) is 4.04. The molecule has 2 aromatic carbocycles. The predicted molar refractivity (Wildman–Crippen MR) is 102 cm³/mol. The zero-order chi connectivity index (χ0) is 17.4. The summed E-state index contributed by atoms with van der Waals surface area (Å²) in [7, 11) is 0. The van der Waals surface area contributed by atoms with Gasteiger partial charge in [0.15, 0.2) is 5.84 Å². The number of hydrogen-bond donors (Lipinski definition) is 0. The third-order valence-electron chi connectivity index (χ3n) is 4.09. The molecule has 3 rings (SSSR count). The van der Waals surface area contributed by atoms with Gasteiger partial charge in [-0.05, 0) is 34.6 Å². The zero-order valence-corrected chi connectivity index (χ0v) is 15.1. The van der Waals surface area contributed by atoms with Crippen molar-refractivity contribution in [2.24, 2.45) is 9.98 Å². The van der Waals surface area contributed by atoms with Gasteiger partial charge in [-0.15, -0.1) is 0 Å². The van der Waals surface area contributed by atoms with Crippen molar-refractivity contribution in [1.82, 2.24) is 4.90 Å². The Bertz CT molecular complexity index is 766. The van der Waals surface area contributed by atoms with Gasteiger partial charge < -0.3 is 4.90 Å². The summed E-state index contributed by atoms with van der Waals surface area (Å²) in [5, 5.41) is 0. The molecule has 0 aromatic heterocycles. The highest BCUT2D eigenvalue weighted by Gasteiger charge is 2.40. The normalized spacial score (nSPS) is 17.3. The SMILES string of the molecule is CC(C)(C)N1C(c2ccccc2)=NC(c2ccccc2)=NC1(C)C. The molecule has 3 nitrogen and oxygen atoms in total. The minimum atomic E-state index is -0.379. The van der Waals surface area contributed by atoms with Crippen LogP contribution in [0, 0.1) is 0 Å². The standard InChI is InChI=1S/C21H25N3/c1-20(2,3)24-19(17-14-10-7-11-15-17)22-18(23-21(24,4)5)16-12-8-6-9-13-16/h6-15H,1-5H3. The molecule has 0 saturated carbocycles. The average Bonchev–Trinajstić information content (AvgIpc) is 2.53. The summed E-state index contributed by atoms with van der Waals surface area (Å²) in [6.45, 7) is 10.9.